The van der Waals surface area contributed by atoms with Gasteiger partial charge in [-0.15, -0.1) is 15.3 Å². The lowest BCUT2D eigenvalue weighted by Crippen LogP contribution is -2.47. The molecule has 0 amide bonds. The molecule has 1 aliphatic rings. The Balaban J connectivity index is 1.74. The molecule has 0 radical (unpaired) electrons. The van der Waals surface area contributed by atoms with Gasteiger partial charge in [0, 0.05) is 25.7 Å². The highest BCUT2D eigenvalue weighted by atomic mass is 19.4. The van der Waals surface area contributed by atoms with Crippen LogP contribution in [0.2, 0.25) is 0 Å². The number of morpholine rings is 1. The topological polar surface area (TPSA) is 67.6 Å². The molecule has 0 aromatic carbocycles. The highest BCUT2D eigenvalue weighted by Crippen LogP contribution is 2.27. The summed E-state index contributed by atoms with van der Waals surface area (Å²) in [6.07, 6.45) is -3.62. The van der Waals surface area contributed by atoms with Crippen molar-refractivity contribution in [3.63, 3.8) is 0 Å². The van der Waals surface area contributed by atoms with E-state index in [-0.39, 0.29) is 11.7 Å². The summed E-state index contributed by atoms with van der Waals surface area (Å²) in [6, 6.07) is 3.36. The minimum absolute atomic E-state index is 0.0646. The van der Waals surface area contributed by atoms with E-state index in [0.29, 0.717) is 31.5 Å². The number of ether oxygens (including phenoxy) is 1. The Hall–Kier alpha value is -1.94. The SMILES string of the molecule is CC(C)CC(CNc1ccc2nnc(C(F)(F)F)n2n1)N1CCOCC1. The van der Waals surface area contributed by atoms with Gasteiger partial charge in [-0.25, -0.2) is 0 Å². The van der Waals surface area contributed by atoms with Gasteiger partial charge in [0.25, 0.3) is 5.82 Å². The van der Waals surface area contributed by atoms with Gasteiger partial charge in [-0.3, -0.25) is 4.90 Å². The van der Waals surface area contributed by atoms with E-state index in [0.717, 1.165) is 24.0 Å². The van der Waals surface area contributed by atoms with Crippen molar-refractivity contribution in [2.24, 2.45) is 5.92 Å². The van der Waals surface area contributed by atoms with Crippen LogP contribution >= 0.6 is 0 Å². The molecule has 1 atom stereocenters. The average Bonchev–Trinajstić information content (AvgIpc) is 3.02. The van der Waals surface area contributed by atoms with Gasteiger partial charge in [0.15, 0.2) is 5.65 Å². The van der Waals surface area contributed by atoms with Crippen molar-refractivity contribution in [2.45, 2.75) is 32.5 Å². The first-order chi connectivity index (χ1) is 12.3. The average molecular weight is 372 g/mol. The standard InChI is InChI=1S/C16H23F3N6O/c1-11(2)9-12(24-5-7-26-8-6-24)10-20-13-3-4-14-21-22-15(16(17,18)19)25(14)23-13/h3-4,11-12H,5-10H2,1-2H3,(H,20,23). The van der Waals surface area contributed by atoms with Crippen LogP contribution in [-0.4, -0.2) is 63.6 Å². The number of rotatable bonds is 6. The van der Waals surface area contributed by atoms with Crippen molar-refractivity contribution in [2.75, 3.05) is 38.2 Å². The molecule has 1 unspecified atom stereocenters. The number of anilines is 1. The van der Waals surface area contributed by atoms with E-state index < -0.39 is 12.0 Å². The third kappa shape index (κ3) is 4.42. The van der Waals surface area contributed by atoms with Crippen molar-refractivity contribution in [1.82, 2.24) is 24.7 Å². The Morgan fingerprint density at radius 1 is 1.19 bits per heavy atom. The molecule has 2 aromatic rings. The fourth-order valence-electron chi connectivity index (χ4n) is 3.13. The maximum atomic E-state index is 13.0. The van der Waals surface area contributed by atoms with E-state index in [1.807, 2.05) is 0 Å². The lowest BCUT2D eigenvalue weighted by atomic mass is 10.0. The van der Waals surface area contributed by atoms with Crippen LogP contribution in [0.5, 0.6) is 0 Å². The van der Waals surface area contributed by atoms with Gasteiger partial charge in [-0.05, 0) is 24.5 Å². The molecule has 0 saturated carbocycles. The summed E-state index contributed by atoms with van der Waals surface area (Å²) in [6.45, 7) is 8.03. The Labute approximate surface area is 149 Å². The molecule has 144 valence electrons. The molecule has 2 aromatic heterocycles. The first kappa shape index (κ1) is 18.8. The normalized spacial score (nSPS) is 17.8. The van der Waals surface area contributed by atoms with Crippen LogP contribution in [0.15, 0.2) is 12.1 Å². The third-order valence-electron chi connectivity index (χ3n) is 4.34. The minimum atomic E-state index is -4.60. The molecule has 1 saturated heterocycles. The number of hydrogen-bond acceptors (Lipinski definition) is 6. The molecule has 1 aliphatic heterocycles. The second kappa shape index (κ2) is 7.75. The van der Waals surface area contributed by atoms with E-state index in [2.05, 4.69) is 39.4 Å². The van der Waals surface area contributed by atoms with E-state index in [1.54, 1.807) is 6.07 Å². The zero-order valence-electron chi connectivity index (χ0n) is 14.8. The number of aromatic nitrogens is 4. The summed E-state index contributed by atoms with van der Waals surface area (Å²) in [5.74, 6) is -0.248. The molecule has 0 bridgehead atoms. The summed E-state index contributed by atoms with van der Waals surface area (Å²) in [5, 5.41) is 13.9. The van der Waals surface area contributed by atoms with Crippen LogP contribution in [-0.2, 0) is 10.9 Å². The Kier molecular flexibility index (Phi) is 5.61. The third-order valence-corrected chi connectivity index (χ3v) is 4.34. The van der Waals surface area contributed by atoms with E-state index >= 15 is 0 Å². The monoisotopic (exact) mass is 372 g/mol. The molecule has 0 spiro atoms. The van der Waals surface area contributed by atoms with Gasteiger partial charge >= 0.3 is 6.18 Å². The number of alkyl halides is 3. The zero-order valence-corrected chi connectivity index (χ0v) is 14.8. The molecule has 3 rings (SSSR count). The largest absolute Gasteiger partial charge is 0.453 e. The second-order valence-electron chi connectivity index (χ2n) is 6.82. The Bertz CT molecular complexity index is 726. The first-order valence-corrected chi connectivity index (χ1v) is 8.70. The first-order valence-electron chi connectivity index (χ1n) is 8.70. The zero-order chi connectivity index (χ0) is 18.7. The number of hydrogen-bond donors (Lipinski definition) is 1. The van der Waals surface area contributed by atoms with E-state index in [9.17, 15) is 13.2 Å². The molecule has 3 heterocycles. The van der Waals surface area contributed by atoms with Crippen LogP contribution in [0, 0.1) is 5.92 Å². The van der Waals surface area contributed by atoms with Crippen molar-refractivity contribution in [3.8, 4) is 0 Å². The molecule has 1 fully saturated rings. The molecule has 10 heteroatoms. The number of nitrogens with zero attached hydrogens (tertiary/aromatic N) is 5. The molecule has 0 aliphatic carbocycles. The minimum Gasteiger partial charge on any atom is -0.379 e. The van der Waals surface area contributed by atoms with Gasteiger partial charge in [-0.1, -0.05) is 13.8 Å². The van der Waals surface area contributed by atoms with Gasteiger partial charge in [0.2, 0.25) is 0 Å². The molecule has 26 heavy (non-hydrogen) atoms. The lowest BCUT2D eigenvalue weighted by Gasteiger charge is -2.35. The molecule has 7 nitrogen and oxygen atoms in total. The van der Waals surface area contributed by atoms with Crippen LogP contribution in [0.4, 0.5) is 19.0 Å². The second-order valence-corrected chi connectivity index (χ2v) is 6.82. The smallest absolute Gasteiger partial charge is 0.379 e. The van der Waals surface area contributed by atoms with Crippen LogP contribution in [0.1, 0.15) is 26.1 Å². The van der Waals surface area contributed by atoms with E-state index in [1.165, 1.54) is 6.07 Å². The van der Waals surface area contributed by atoms with Crippen LogP contribution in [0.25, 0.3) is 5.65 Å². The van der Waals surface area contributed by atoms with Crippen molar-refractivity contribution in [3.05, 3.63) is 18.0 Å². The van der Waals surface area contributed by atoms with Crippen molar-refractivity contribution < 1.29 is 17.9 Å². The van der Waals surface area contributed by atoms with Crippen LogP contribution < -0.4 is 5.32 Å². The molecule has 1 N–H and O–H groups in total. The predicted molar refractivity (Wildman–Crippen MR) is 89.9 cm³/mol. The summed E-state index contributed by atoms with van der Waals surface area (Å²) in [4.78, 5) is 2.36. The summed E-state index contributed by atoms with van der Waals surface area (Å²) in [5.41, 5.74) is 0.0646. The van der Waals surface area contributed by atoms with Crippen LogP contribution in [0.3, 0.4) is 0 Å². The lowest BCUT2D eigenvalue weighted by molar-refractivity contribution is -0.146. The maximum Gasteiger partial charge on any atom is 0.453 e. The van der Waals surface area contributed by atoms with E-state index in [4.69, 9.17) is 4.74 Å². The number of nitrogens with one attached hydrogen (secondary N) is 1. The van der Waals surface area contributed by atoms with Gasteiger partial charge in [-0.2, -0.15) is 17.7 Å². The van der Waals surface area contributed by atoms with Crippen molar-refractivity contribution in [1.29, 1.82) is 0 Å². The highest BCUT2D eigenvalue weighted by molar-refractivity contribution is 5.44. The highest BCUT2D eigenvalue weighted by Gasteiger charge is 2.37. The number of halogens is 3. The van der Waals surface area contributed by atoms with Gasteiger partial charge in [0.05, 0.1) is 13.2 Å². The Morgan fingerprint density at radius 2 is 1.92 bits per heavy atom. The van der Waals surface area contributed by atoms with Gasteiger partial charge < -0.3 is 10.1 Å². The summed E-state index contributed by atoms with van der Waals surface area (Å²) < 4.78 is 45.1. The maximum absolute atomic E-state index is 13.0. The Morgan fingerprint density at radius 3 is 2.58 bits per heavy atom. The summed E-state index contributed by atoms with van der Waals surface area (Å²) >= 11 is 0. The summed E-state index contributed by atoms with van der Waals surface area (Å²) in [7, 11) is 0. The molecular formula is C16H23F3N6O. The fourth-order valence-corrected chi connectivity index (χ4v) is 3.13. The molecular weight excluding hydrogens is 349 g/mol. The quantitative estimate of drug-likeness (QED) is 0.839. The van der Waals surface area contributed by atoms with Gasteiger partial charge in [0.1, 0.15) is 5.82 Å². The predicted octanol–water partition coefficient (Wildman–Crippen LogP) is 2.30. The number of fused-ring (bicyclic) bond motifs is 1. The van der Waals surface area contributed by atoms with Crippen molar-refractivity contribution >= 4 is 11.5 Å². The fraction of sp³-hybridized carbons (Fsp3) is 0.688.